The third-order valence-corrected chi connectivity index (χ3v) is 3.55. The lowest BCUT2D eigenvalue weighted by atomic mass is 9.94. The van der Waals surface area contributed by atoms with Gasteiger partial charge in [0.05, 0.1) is 24.0 Å². The Labute approximate surface area is 97.6 Å². The van der Waals surface area contributed by atoms with Gasteiger partial charge < -0.3 is 9.57 Å². The third kappa shape index (κ3) is 2.23. The van der Waals surface area contributed by atoms with Crippen molar-refractivity contribution in [2.45, 2.75) is 44.8 Å². The summed E-state index contributed by atoms with van der Waals surface area (Å²) in [4.78, 5) is 7.39. The molecule has 92 valence electrons. The molecule has 0 saturated carbocycles. The molecular formula is C12H22N2O2. The van der Waals surface area contributed by atoms with E-state index in [4.69, 9.17) is 9.57 Å². The number of oxime groups is 1. The summed E-state index contributed by atoms with van der Waals surface area (Å²) < 4.78 is 5.82. The zero-order valence-corrected chi connectivity index (χ0v) is 10.5. The van der Waals surface area contributed by atoms with Crippen LogP contribution in [0.25, 0.3) is 0 Å². The molecule has 16 heavy (non-hydrogen) atoms. The van der Waals surface area contributed by atoms with E-state index in [1.807, 2.05) is 0 Å². The fraction of sp³-hybridized carbons (Fsp3) is 0.917. The van der Waals surface area contributed by atoms with E-state index in [0.29, 0.717) is 6.10 Å². The van der Waals surface area contributed by atoms with Crippen LogP contribution >= 0.6 is 0 Å². The molecule has 0 aromatic heterocycles. The van der Waals surface area contributed by atoms with Crippen LogP contribution in [-0.4, -0.2) is 49.1 Å². The Kier molecular flexibility index (Phi) is 3.50. The van der Waals surface area contributed by atoms with Crippen LogP contribution in [0.2, 0.25) is 0 Å². The Morgan fingerprint density at radius 2 is 2.31 bits per heavy atom. The van der Waals surface area contributed by atoms with Crippen molar-refractivity contribution in [3.63, 3.8) is 0 Å². The van der Waals surface area contributed by atoms with Crippen molar-refractivity contribution in [3.8, 4) is 0 Å². The first-order valence-electron chi connectivity index (χ1n) is 6.12. The summed E-state index contributed by atoms with van der Waals surface area (Å²) in [6.07, 6.45) is 3.82. The largest absolute Gasteiger partial charge is 0.399 e. The molecule has 0 N–H and O–H groups in total. The molecule has 4 heteroatoms. The van der Waals surface area contributed by atoms with Crippen LogP contribution in [0.1, 0.15) is 33.1 Å². The van der Waals surface area contributed by atoms with Crippen LogP contribution in [0.3, 0.4) is 0 Å². The smallest absolute Gasteiger partial charge is 0.106 e. The van der Waals surface area contributed by atoms with Gasteiger partial charge in [-0.3, -0.25) is 4.90 Å². The lowest BCUT2D eigenvalue weighted by molar-refractivity contribution is 0.00339. The second kappa shape index (κ2) is 4.72. The van der Waals surface area contributed by atoms with Gasteiger partial charge in [0.1, 0.15) is 7.11 Å². The summed E-state index contributed by atoms with van der Waals surface area (Å²) in [7, 11) is 1.62. The number of hydrogen-bond donors (Lipinski definition) is 0. The van der Waals surface area contributed by atoms with Gasteiger partial charge in [-0.2, -0.15) is 0 Å². The fourth-order valence-electron chi connectivity index (χ4n) is 2.82. The minimum absolute atomic E-state index is 0.210. The van der Waals surface area contributed by atoms with Gasteiger partial charge in [-0.25, -0.2) is 0 Å². The molecule has 1 unspecified atom stereocenters. The average molecular weight is 226 g/mol. The molecule has 0 amide bonds. The van der Waals surface area contributed by atoms with E-state index in [-0.39, 0.29) is 5.54 Å². The molecule has 4 nitrogen and oxygen atoms in total. The lowest BCUT2D eigenvalue weighted by Gasteiger charge is -2.31. The molecule has 2 aliphatic heterocycles. The highest BCUT2D eigenvalue weighted by Gasteiger charge is 2.47. The Morgan fingerprint density at radius 1 is 1.50 bits per heavy atom. The molecule has 0 aromatic rings. The number of rotatable bonds is 4. The van der Waals surface area contributed by atoms with E-state index < -0.39 is 0 Å². The van der Waals surface area contributed by atoms with Crippen molar-refractivity contribution >= 4 is 5.71 Å². The van der Waals surface area contributed by atoms with Gasteiger partial charge in [-0.1, -0.05) is 5.16 Å². The van der Waals surface area contributed by atoms with Crippen molar-refractivity contribution < 1.29 is 9.57 Å². The minimum Gasteiger partial charge on any atom is -0.399 e. The zero-order chi connectivity index (χ0) is 11.6. The summed E-state index contributed by atoms with van der Waals surface area (Å²) in [6.45, 7) is 7.14. The first kappa shape index (κ1) is 11.9. The highest BCUT2D eigenvalue weighted by molar-refractivity contribution is 5.89. The molecule has 0 aliphatic carbocycles. The number of nitrogens with zero attached hydrogens (tertiary/aromatic N) is 2. The normalized spacial score (nSPS) is 32.6. The van der Waals surface area contributed by atoms with Gasteiger partial charge in [-0.15, -0.1) is 0 Å². The predicted molar refractivity (Wildman–Crippen MR) is 63.7 cm³/mol. The van der Waals surface area contributed by atoms with E-state index in [1.165, 1.54) is 19.4 Å². The highest BCUT2D eigenvalue weighted by Crippen LogP contribution is 2.38. The lowest BCUT2D eigenvalue weighted by Crippen LogP contribution is -2.43. The van der Waals surface area contributed by atoms with Gasteiger partial charge >= 0.3 is 0 Å². The van der Waals surface area contributed by atoms with Crippen molar-refractivity contribution in [1.82, 2.24) is 4.90 Å². The third-order valence-electron chi connectivity index (χ3n) is 3.55. The highest BCUT2D eigenvalue weighted by atomic mass is 16.6. The molecule has 2 fully saturated rings. The molecule has 0 aromatic carbocycles. The standard InChI is InChI=1S/C12H22N2O2/c1-10(2)16-9-12-5-4-6-14(12)8-11(7-12)13-15-3/h10H,4-9H2,1-3H3/b13-11-. The number of fused-ring (bicyclic) bond motifs is 1. The quantitative estimate of drug-likeness (QED) is 0.684. The van der Waals surface area contributed by atoms with Gasteiger partial charge in [0.15, 0.2) is 0 Å². The molecule has 2 rings (SSSR count). The van der Waals surface area contributed by atoms with E-state index in [9.17, 15) is 0 Å². The van der Waals surface area contributed by atoms with Gasteiger partial charge in [0.2, 0.25) is 0 Å². The average Bonchev–Trinajstić information content (AvgIpc) is 2.72. The SMILES string of the molecule is CO/N=C1\CN2CCCC2(COC(C)C)C1. The fourth-order valence-corrected chi connectivity index (χ4v) is 2.82. The molecule has 0 bridgehead atoms. The van der Waals surface area contributed by atoms with Crippen molar-refractivity contribution in [2.75, 3.05) is 26.8 Å². The maximum atomic E-state index is 5.82. The second-order valence-corrected chi connectivity index (χ2v) is 5.13. The van der Waals surface area contributed by atoms with Crippen LogP contribution < -0.4 is 0 Å². The predicted octanol–water partition coefficient (Wildman–Crippen LogP) is 1.65. The van der Waals surface area contributed by atoms with Crippen molar-refractivity contribution in [3.05, 3.63) is 0 Å². The second-order valence-electron chi connectivity index (χ2n) is 5.13. The van der Waals surface area contributed by atoms with E-state index in [1.54, 1.807) is 7.11 Å². The van der Waals surface area contributed by atoms with Crippen LogP contribution in [0.15, 0.2) is 5.16 Å². The summed E-state index contributed by atoms with van der Waals surface area (Å²) in [5.41, 5.74) is 1.37. The maximum Gasteiger partial charge on any atom is 0.106 e. The molecule has 0 spiro atoms. The maximum absolute atomic E-state index is 5.82. The first-order chi connectivity index (χ1) is 7.66. The first-order valence-corrected chi connectivity index (χ1v) is 6.12. The van der Waals surface area contributed by atoms with Crippen molar-refractivity contribution in [1.29, 1.82) is 0 Å². The summed E-state index contributed by atoms with van der Waals surface area (Å²) in [5.74, 6) is 0. The van der Waals surface area contributed by atoms with Crippen molar-refractivity contribution in [2.24, 2.45) is 5.16 Å². The summed E-state index contributed by atoms with van der Waals surface area (Å²) in [6, 6.07) is 0. The summed E-state index contributed by atoms with van der Waals surface area (Å²) in [5, 5.41) is 4.10. The van der Waals surface area contributed by atoms with Gasteiger partial charge in [-0.05, 0) is 33.2 Å². The Morgan fingerprint density at radius 3 is 3.00 bits per heavy atom. The molecule has 2 saturated heterocycles. The van der Waals surface area contributed by atoms with E-state index >= 15 is 0 Å². The van der Waals surface area contributed by atoms with Gasteiger partial charge in [0, 0.05) is 13.0 Å². The van der Waals surface area contributed by atoms with E-state index in [0.717, 1.165) is 25.3 Å². The van der Waals surface area contributed by atoms with E-state index in [2.05, 4.69) is 23.9 Å². The Hall–Kier alpha value is -0.610. The summed E-state index contributed by atoms with van der Waals surface area (Å²) >= 11 is 0. The molecule has 2 aliphatic rings. The minimum atomic E-state index is 0.210. The zero-order valence-electron chi connectivity index (χ0n) is 10.5. The topological polar surface area (TPSA) is 34.1 Å². The number of hydrogen-bond acceptors (Lipinski definition) is 4. The van der Waals surface area contributed by atoms with Crippen LogP contribution in [0.5, 0.6) is 0 Å². The monoisotopic (exact) mass is 226 g/mol. The molecular weight excluding hydrogens is 204 g/mol. The molecule has 1 atom stereocenters. The Balaban J connectivity index is 2.02. The number of ether oxygens (including phenoxy) is 1. The van der Waals surface area contributed by atoms with Gasteiger partial charge in [0.25, 0.3) is 0 Å². The molecule has 0 radical (unpaired) electrons. The Bertz CT molecular complexity index is 278. The molecule has 2 heterocycles. The van der Waals surface area contributed by atoms with Crippen LogP contribution in [0, 0.1) is 0 Å². The van der Waals surface area contributed by atoms with Crippen LogP contribution in [-0.2, 0) is 9.57 Å². The van der Waals surface area contributed by atoms with Crippen LogP contribution in [0.4, 0.5) is 0 Å².